The predicted molar refractivity (Wildman–Crippen MR) is 89.2 cm³/mol. The molecule has 114 valence electrons. The average molecular weight is 327 g/mol. The Hall–Kier alpha value is -1.60. The number of nitrogens with two attached hydrogens (primary N) is 1. The van der Waals surface area contributed by atoms with Crippen LogP contribution < -0.4 is 15.5 Å². The van der Waals surface area contributed by atoms with E-state index >= 15 is 0 Å². The summed E-state index contributed by atoms with van der Waals surface area (Å²) in [6.45, 7) is 6.44. The summed E-state index contributed by atoms with van der Waals surface area (Å²) in [4.78, 5) is 18.0. The first-order valence-corrected chi connectivity index (χ1v) is 7.94. The number of nitrogen functional groups attached to an aromatic ring is 1. The van der Waals surface area contributed by atoms with Crippen LogP contribution in [0.5, 0.6) is 0 Å². The lowest BCUT2D eigenvalue weighted by Crippen LogP contribution is -2.27. The van der Waals surface area contributed by atoms with Crippen molar-refractivity contribution in [3.63, 3.8) is 0 Å². The largest absolute Gasteiger partial charge is 0.368 e. The molecule has 0 radical (unpaired) electrons. The van der Waals surface area contributed by atoms with Crippen LogP contribution in [0.3, 0.4) is 0 Å². The van der Waals surface area contributed by atoms with Crippen LogP contribution in [0.4, 0.5) is 17.8 Å². The lowest BCUT2D eigenvalue weighted by molar-refractivity contribution is 0.796. The van der Waals surface area contributed by atoms with Crippen LogP contribution in [0.2, 0.25) is 4.34 Å². The molecule has 0 saturated carbocycles. The third-order valence-corrected chi connectivity index (χ3v) is 4.25. The number of hydrogen-bond acceptors (Lipinski definition) is 7. The number of aromatic nitrogens is 3. The van der Waals surface area contributed by atoms with Crippen molar-refractivity contribution < 1.29 is 0 Å². The van der Waals surface area contributed by atoms with Crippen molar-refractivity contribution >= 4 is 40.8 Å². The molecule has 2 heterocycles. The van der Waals surface area contributed by atoms with Crippen molar-refractivity contribution in [1.82, 2.24) is 15.0 Å². The van der Waals surface area contributed by atoms with E-state index in [9.17, 15) is 0 Å². The van der Waals surface area contributed by atoms with Crippen LogP contribution in [-0.2, 0) is 6.54 Å². The first-order chi connectivity index (χ1) is 10.0. The summed E-state index contributed by atoms with van der Waals surface area (Å²) in [5, 5.41) is 0. The van der Waals surface area contributed by atoms with Gasteiger partial charge in [-0.2, -0.15) is 15.0 Å². The van der Waals surface area contributed by atoms with E-state index in [0.29, 0.717) is 18.4 Å². The third-order valence-electron chi connectivity index (χ3n) is 3.04. The van der Waals surface area contributed by atoms with Gasteiger partial charge in [-0.3, -0.25) is 0 Å². The first kappa shape index (κ1) is 15.8. The Morgan fingerprint density at radius 2 is 1.81 bits per heavy atom. The highest BCUT2D eigenvalue weighted by molar-refractivity contribution is 7.16. The highest BCUT2D eigenvalue weighted by Crippen LogP contribution is 2.24. The van der Waals surface area contributed by atoms with Crippen molar-refractivity contribution in [2.24, 2.45) is 0 Å². The Labute approximate surface area is 133 Å². The summed E-state index contributed by atoms with van der Waals surface area (Å²) in [7, 11) is 1.93. The summed E-state index contributed by atoms with van der Waals surface area (Å²) >= 11 is 7.50. The molecule has 0 fully saturated rings. The third kappa shape index (κ3) is 3.95. The average Bonchev–Trinajstić information content (AvgIpc) is 2.85. The van der Waals surface area contributed by atoms with E-state index in [1.54, 1.807) is 11.3 Å². The van der Waals surface area contributed by atoms with E-state index in [0.717, 1.165) is 22.3 Å². The van der Waals surface area contributed by atoms with Crippen molar-refractivity contribution in [2.45, 2.75) is 20.4 Å². The molecular weight excluding hydrogens is 308 g/mol. The molecule has 0 amide bonds. The van der Waals surface area contributed by atoms with Gasteiger partial charge in [0.15, 0.2) is 0 Å². The zero-order valence-electron chi connectivity index (χ0n) is 12.4. The fourth-order valence-corrected chi connectivity index (χ4v) is 3.07. The number of rotatable bonds is 6. The molecule has 6 nitrogen and oxygen atoms in total. The SMILES string of the molecule is CCN(CC)c1nc(N)nc(N(C)Cc2ccc(Cl)s2)n1. The van der Waals surface area contributed by atoms with Gasteiger partial charge in [-0.1, -0.05) is 11.6 Å². The lowest BCUT2D eigenvalue weighted by Gasteiger charge is -2.21. The smallest absolute Gasteiger partial charge is 0.232 e. The zero-order valence-corrected chi connectivity index (χ0v) is 13.9. The van der Waals surface area contributed by atoms with Gasteiger partial charge < -0.3 is 15.5 Å². The minimum Gasteiger partial charge on any atom is -0.368 e. The van der Waals surface area contributed by atoms with Gasteiger partial charge in [-0.15, -0.1) is 11.3 Å². The van der Waals surface area contributed by atoms with Crippen LogP contribution in [-0.4, -0.2) is 35.1 Å². The Kier molecular flexibility index (Phi) is 5.19. The molecule has 0 saturated heterocycles. The van der Waals surface area contributed by atoms with Crippen LogP contribution in [0.25, 0.3) is 0 Å². The van der Waals surface area contributed by atoms with Gasteiger partial charge >= 0.3 is 0 Å². The van der Waals surface area contributed by atoms with E-state index in [1.165, 1.54) is 0 Å². The number of thiophene rings is 1. The van der Waals surface area contributed by atoms with Crippen LogP contribution in [0.15, 0.2) is 12.1 Å². The molecule has 2 aromatic heterocycles. The summed E-state index contributed by atoms with van der Waals surface area (Å²) in [5.74, 6) is 1.41. The Morgan fingerprint density at radius 3 is 2.38 bits per heavy atom. The molecule has 2 aromatic rings. The van der Waals surface area contributed by atoms with E-state index in [-0.39, 0.29) is 5.95 Å². The van der Waals surface area contributed by atoms with Crippen molar-refractivity contribution in [1.29, 1.82) is 0 Å². The molecule has 0 aliphatic carbocycles. The van der Waals surface area contributed by atoms with Crippen molar-refractivity contribution in [3.05, 3.63) is 21.3 Å². The molecule has 0 aliphatic rings. The fourth-order valence-electron chi connectivity index (χ4n) is 1.93. The van der Waals surface area contributed by atoms with Crippen molar-refractivity contribution in [2.75, 3.05) is 35.7 Å². The second-order valence-corrected chi connectivity index (χ2v) is 6.33. The van der Waals surface area contributed by atoms with Crippen LogP contribution in [0.1, 0.15) is 18.7 Å². The highest BCUT2D eigenvalue weighted by atomic mass is 35.5. The molecule has 0 atom stereocenters. The number of anilines is 3. The van der Waals surface area contributed by atoms with Gasteiger partial charge in [0.2, 0.25) is 17.8 Å². The Balaban J connectivity index is 2.22. The molecule has 2 N–H and O–H groups in total. The molecule has 0 aliphatic heterocycles. The molecule has 2 rings (SSSR count). The first-order valence-electron chi connectivity index (χ1n) is 6.75. The maximum Gasteiger partial charge on any atom is 0.232 e. The highest BCUT2D eigenvalue weighted by Gasteiger charge is 2.13. The lowest BCUT2D eigenvalue weighted by atomic mass is 10.4. The van der Waals surface area contributed by atoms with E-state index in [4.69, 9.17) is 17.3 Å². The maximum absolute atomic E-state index is 5.95. The molecule has 0 unspecified atom stereocenters. The van der Waals surface area contributed by atoms with E-state index in [1.807, 2.05) is 29.0 Å². The van der Waals surface area contributed by atoms with Gasteiger partial charge in [-0.05, 0) is 26.0 Å². The topological polar surface area (TPSA) is 71.2 Å². The number of hydrogen-bond donors (Lipinski definition) is 1. The molecule has 8 heteroatoms. The summed E-state index contributed by atoms with van der Waals surface area (Å²) in [6, 6.07) is 3.89. The van der Waals surface area contributed by atoms with Crippen LogP contribution >= 0.6 is 22.9 Å². The number of halogens is 1. The Morgan fingerprint density at radius 1 is 1.14 bits per heavy atom. The van der Waals surface area contributed by atoms with Crippen molar-refractivity contribution in [3.8, 4) is 0 Å². The van der Waals surface area contributed by atoms with Gasteiger partial charge in [0.05, 0.1) is 10.9 Å². The van der Waals surface area contributed by atoms with Gasteiger partial charge in [0.1, 0.15) is 0 Å². The molecule has 0 aromatic carbocycles. The molecule has 0 bridgehead atoms. The second-order valence-electron chi connectivity index (χ2n) is 4.53. The molecule has 21 heavy (non-hydrogen) atoms. The quantitative estimate of drug-likeness (QED) is 0.880. The van der Waals surface area contributed by atoms with Crippen LogP contribution in [0, 0.1) is 0 Å². The summed E-state index contributed by atoms with van der Waals surface area (Å²) in [6.07, 6.45) is 0. The summed E-state index contributed by atoms with van der Waals surface area (Å²) in [5.41, 5.74) is 5.81. The standard InChI is InChI=1S/C13H19ClN6S/c1-4-20(5-2)13-17-11(15)16-12(18-13)19(3)8-9-6-7-10(14)21-9/h6-7H,4-5,8H2,1-3H3,(H2,15,16,17,18). The predicted octanol–water partition coefficient (Wildman–Crippen LogP) is 2.65. The molecule has 0 spiro atoms. The zero-order chi connectivity index (χ0) is 15.4. The second kappa shape index (κ2) is 6.91. The minimum absolute atomic E-state index is 0.234. The Bertz CT molecular complexity index is 598. The molecular formula is C13H19ClN6S. The minimum atomic E-state index is 0.234. The maximum atomic E-state index is 5.95. The van der Waals surface area contributed by atoms with Gasteiger partial charge in [-0.25, -0.2) is 0 Å². The number of nitrogens with zero attached hydrogens (tertiary/aromatic N) is 5. The van der Waals surface area contributed by atoms with E-state index in [2.05, 4.69) is 28.8 Å². The van der Waals surface area contributed by atoms with Gasteiger partial charge in [0, 0.05) is 25.0 Å². The monoisotopic (exact) mass is 326 g/mol. The van der Waals surface area contributed by atoms with E-state index < -0.39 is 0 Å². The normalized spacial score (nSPS) is 10.7. The van der Waals surface area contributed by atoms with Gasteiger partial charge in [0.25, 0.3) is 0 Å². The fraction of sp³-hybridized carbons (Fsp3) is 0.462. The summed E-state index contributed by atoms with van der Waals surface area (Å²) < 4.78 is 0.775.